The van der Waals surface area contributed by atoms with Gasteiger partial charge < -0.3 is 14.8 Å². The molecule has 6 heteroatoms. The van der Waals surface area contributed by atoms with E-state index < -0.39 is 0 Å². The van der Waals surface area contributed by atoms with Crippen molar-refractivity contribution in [1.29, 1.82) is 0 Å². The van der Waals surface area contributed by atoms with Crippen molar-refractivity contribution in [2.75, 3.05) is 32.1 Å². The molecule has 0 bridgehead atoms. The van der Waals surface area contributed by atoms with E-state index in [4.69, 9.17) is 21.1 Å². The maximum atomic E-state index is 12.4. The number of amides is 1. The molecule has 0 aromatic heterocycles. The van der Waals surface area contributed by atoms with Crippen molar-refractivity contribution in [2.24, 2.45) is 0 Å². The number of carbonyl (C=O) groups excluding carboxylic acids is 1. The molecule has 0 unspecified atom stereocenters. The highest BCUT2D eigenvalue weighted by Gasteiger charge is 2.11. The third-order valence-electron chi connectivity index (χ3n) is 4.10. The number of rotatable bonds is 9. The first-order valence-corrected chi connectivity index (χ1v) is 9.66. The third-order valence-corrected chi connectivity index (χ3v) is 4.35. The molecule has 5 nitrogen and oxygen atoms in total. The Bertz CT molecular complexity index is 917. The van der Waals surface area contributed by atoms with Gasteiger partial charge in [-0.05, 0) is 55.6 Å². The van der Waals surface area contributed by atoms with Crippen LogP contribution in [0.25, 0.3) is 0 Å². The van der Waals surface area contributed by atoms with E-state index in [1.54, 1.807) is 12.1 Å². The molecule has 0 saturated carbocycles. The van der Waals surface area contributed by atoms with Gasteiger partial charge in [0.2, 0.25) is 5.91 Å². The SMILES string of the molecule is CN(CCOc1ccc(Cl)cc1)CC(=O)Nc1ccccc1Oc1ccccc1. The Morgan fingerprint density at radius 2 is 1.62 bits per heavy atom. The second-order valence-electron chi connectivity index (χ2n) is 6.50. The van der Waals surface area contributed by atoms with Crippen molar-refractivity contribution in [2.45, 2.75) is 0 Å². The van der Waals surface area contributed by atoms with Gasteiger partial charge in [0, 0.05) is 11.6 Å². The quantitative estimate of drug-likeness (QED) is 0.534. The van der Waals surface area contributed by atoms with E-state index in [2.05, 4.69) is 5.32 Å². The van der Waals surface area contributed by atoms with Gasteiger partial charge in [-0.15, -0.1) is 0 Å². The molecular weight excluding hydrogens is 388 g/mol. The Kier molecular flexibility index (Phi) is 7.50. The summed E-state index contributed by atoms with van der Waals surface area (Å²) in [6.45, 7) is 1.32. The summed E-state index contributed by atoms with van der Waals surface area (Å²) < 4.78 is 11.5. The summed E-state index contributed by atoms with van der Waals surface area (Å²) in [5, 5.41) is 3.58. The number of hydrogen-bond donors (Lipinski definition) is 1. The number of carbonyl (C=O) groups is 1. The number of para-hydroxylation sites is 3. The highest BCUT2D eigenvalue weighted by atomic mass is 35.5. The molecule has 0 aliphatic heterocycles. The molecule has 1 amide bonds. The Hall–Kier alpha value is -3.02. The van der Waals surface area contributed by atoms with Gasteiger partial charge in [0.05, 0.1) is 12.2 Å². The summed E-state index contributed by atoms with van der Waals surface area (Å²) in [4.78, 5) is 14.3. The van der Waals surface area contributed by atoms with Crippen molar-refractivity contribution in [3.8, 4) is 17.2 Å². The molecule has 29 heavy (non-hydrogen) atoms. The normalized spacial score (nSPS) is 10.6. The molecule has 0 atom stereocenters. The zero-order valence-electron chi connectivity index (χ0n) is 16.2. The maximum Gasteiger partial charge on any atom is 0.238 e. The fraction of sp³-hybridized carbons (Fsp3) is 0.174. The van der Waals surface area contributed by atoms with Gasteiger partial charge in [-0.2, -0.15) is 0 Å². The van der Waals surface area contributed by atoms with Crippen LogP contribution in [0.4, 0.5) is 5.69 Å². The van der Waals surface area contributed by atoms with Crippen molar-refractivity contribution in [3.05, 3.63) is 83.9 Å². The average Bonchev–Trinajstić information content (AvgIpc) is 2.72. The monoisotopic (exact) mass is 410 g/mol. The molecule has 3 rings (SSSR count). The molecule has 3 aromatic rings. The van der Waals surface area contributed by atoms with E-state index in [-0.39, 0.29) is 12.5 Å². The number of likely N-dealkylation sites (N-methyl/N-ethyl adjacent to an activating group) is 1. The molecule has 0 fully saturated rings. The zero-order valence-corrected chi connectivity index (χ0v) is 16.9. The first-order chi connectivity index (χ1) is 14.1. The molecule has 0 aliphatic rings. The van der Waals surface area contributed by atoms with Crippen LogP contribution in [-0.4, -0.2) is 37.6 Å². The lowest BCUT2D eigenvalue weighted by Gasteiger charge is -2.17. The van der Waals surface area contributed by atoms with E-state index in [1.807, 2.05) is 78.7 Å². The van der Waals surface area contributed by atoms with Crippen LogP contribution in [0.5, 0.6) is 17.2 Å². The summed E-state index contributed by atoms with van der Waals surface area (Å²) in [5.41, 5.74) is 0.632. The molecule has 150 valence electrons. The molecule has 0 spiro atoms. The van der Waals surface area contributed by atoms with E-state index in [0.717, 1.165) is 5.75 Å². The third kappa shape index (κ3) is 6.82. The van der Waals surface area contributed by atoms with Gasteiger partial charge in [-0.25, -0.2) is 0 Å². The van der Waals surface area contributed by atoms with E-state index in [1.165, 1.54) is 0 Å². The van der Waals surface area contributed by atoms with Crippen LogP contribution in [0, 0.1) is 0 Å². The first-order valence-electron chi connectivity index (χ1n) is 9.29. The molecular formula is C23H23ClN2O3. The van der Waals surface area contributed by atoms with Crippen molar-refractivity contribution in [3.63, 3.8) is 0 Å². The van der Waals surface area contributed by atoms with Crippen LogP contribution < -0.4 is 14.8 Å². The van der Waals surface area contributed by atoms with Gasteiger partial charge in [0.1, 0.15) is 18.1 Å². The van der Waals surface area contributed by atoms with Crippen LogP contribution >= 0.6 is 11.6 Å². The summed E-state index contributed by atoms with van der Waals surface area (Å²) in [5.74, 6) is 1.94. The predicted molar refractivity (Wildman–Crippen MR) is 116 cm³/mol. The van der Waals surface area contributed by atoms with Gasteiger partial charge in [0.25, 0.3) is 0 Å². The standard InChI is InChI=1S/C23H23ClN2O3/c1-26(15-16-28-19-13-11-18(24)12-14-19)17-23(27)25-21-9-5-6-10-22(21)29-20-7-3-2-4-8-20/h2-14H,15-17H2,1H3,(H,25,27). The Morgan fingerprint density at radius 1 is 0.931 bits per heavy atom. The Morgan fingerprint density at radius 3 is 2.38 bits per heavy atom. The maximum absolute atomic E-state index is 12.4. The van der Waals surface area contributed by atoms with Gasteiger partial charge in [-0.3, -0.25) is 9.69 Å². The van der Waals surface area contributed by atoms with Crippen LogP contribution in [0.15, 0.2) is 78.9 Å². The lowest BCUT2D eigenvalue weighted by atomic mass is 10.2. The second kappa shape index (κ2) is 10.5. The van der Waals surface area contributed by atoms with Crippen LogP contribution in [0.2, 0.25) is 5.02 Å². The molecule has 0 radical (unpaired) electrons. The molecule has 1 N–H and O–H groups in total. The lowest BCUT2D eigenvalue weighted by molar-refractivity contribution is -0.117. The smallest absolute Gasteiger partial charge is 0.238 e. The van der Waals surface area contributed by atoms with E-state index in [0.29, 0.717) is 35.4 Å². The number of nitrogens with one attached hydrogen (secondary N) is 1. The lowest BCUT2D eigenvalue weighted by Crippen LogP contribution is -2.33. The zero-order chi connectivity index (χ0) is 20.5. The summed E-state index contributed by atoms with van der Waals surface area (Å²) in [7, 11) is 1.87. The van der Waals surface area contributed by atoms with Gasteiger partial charge >= 0.3 is 0 Å². The number of nitrogens with zero attached hydrogens (tertiary/aromatic N) is 1. The van der Waals surface area contributed by atoms with Crippen molar-refractivity contribution in [1.82, 2.24) is 4.90 Å². The fourth-order valence-corrected chi connectivity index (χ4v) is 2.76. The largest absolute Gasteiger partial charge is 0.492 e. The van der Waals surface area contributed by atoms with Crippen LogP contribution in [-0.2, 0) is 4.79 Å². The van der Waals surface area contributed by atoms with Crippen molar-refractivity contribution >= 4 is 23.2 Å². The highest BCUT2D eigenvalue weighted by molar-refractivity contribution is 6.30. The van der Waals surface area contributed by atoms with Gasteiger partial charge in [-0.1, -0.05) is 41.9 Å². The van der Waals surface area contributed by atoms with Gasteiger partial charge in [0.15, 0.2) is 5.75 Å². The summed E-state index contributed by atoms with van der Waals surface area (Å²) in [6, 6.07) is 24.0. The highest BCUT2D eigenvalue weighted by Crippen LogP contribution is 2.29. The summed E-state index contributed by atoms with van der Waals surface area (Å²) in [6.07, 6.45) is 0. The fourth-order valence-electron chi connectivity index (χ4n) is 2.64. The molecule has 0 heterocycles. The number of anilines is 1. The minimum Gasteiger partial charge on any atom is -0.492 e. The minimum absolute atomic E-state index is 0.122. The topological polar surface area (TPSA) is 50.8 Å². The van der Waals surface area contributed by atoms with Crippen LogP contribution in [0.3, 0.4) is 0 Å². The summed E-state index contributed by atoms with van der Waals surface area (Å²) >= 11 is 5.86. The number of halogens is 1. The van der Waals surface area contributed by atoms with E-state index in [9.17, 15) is 4.79 Å². The number of hydrogen-bond acceptors (Lipinski definition) is 4. The molecule has 0 saturated heterocycles. The second-order valence-corrected chi connectivity index (χ2v) is 6.94. The minimum atomic E-state index is -0.122. The molecule has 3 aromatic carbocycles. The molecule has 0 aliphatic carbocycles. The van der Waals surface area contributed by atoms with Crippen molar-refractivity contribution < 1.29 is 14.3 Å². The average molecular weight is 411 g/mol. The number of ether oxygens (including phenoxy) is 2. The first kappa shape index (κ1) is 20.7. The Labute approximate surface area is 175 Å². The Balaban J connectivity index is 1.48. The predicted octanol–water partition coefficient (Wildman–Crippen LogP) is 5.08. The number of benzene rings is 3. The van der Waals surface area contributed by atoms with E-state index >= 15 is 0 Å². The van der Waals surface area contributed by atoms with Crippen LogP contribution in [0.1, 0.15) is 0 Å².